The van der Waals surface area contributed by atoms with Gasteiger partial charge in [0.15, 0.2) is 6.54 Å². The van der Waals surface area contributed by atoms with Crippen LogP contribution in [0.15, 0.2) is 48.5 Å². The van der Waals surface area contributed by atoms with Gasteiger partial charge in [-0.25, -0.2) is 4.79 Å². The average molecular weight is 586 g/mol. The van der Waals surface area contributed by atoms with Crippen LogP contribution in [0.5, 0.6) is 0 Å². The third-order valence-electron chi connectivity index (χ3n) is 8.25. The van der Waals surface area contributed by atoms with E-state index in [4.69, 9.17) is 4.74 Å². The van der Waals surface area contributed by atoms with Gasteiger partial charge in [-0.2, -0.15) is 0 Å². The predicted molar refractivity (Wildman–Crippen MR) is 145 cm³/mol. The van der Waals surface area contributed by atoms with E-state index in [2.05, 4.69) is 17.4 Å². The fraction of sp³-hybridized carbons (Fsp3) is 0.516. The first kappa shape index (κ1) is 30.0. The second-order valence-corrected chi connectivity index (χ2v) is 11.1. The van der Waals surface area contributed by atoms with E-state index in [1.807, 2.05) is 31.2 Å². The minimum Gasteiger partial charge on any atom is -1.00 e. The number of rotatable bonds is 9. The number of hydrogen-bond donors (Lipinski definition) is 1. The molecule has 2 atom stereocenters. The van der Waals surface area contributed by atoms with Crippen molar-refractivity contribution < 1.29 is 40.6 Å². The maximum atomic E-state index is 13.5. The molecule has 0 spiro atoms. The number of ketones is 1. The van der Waals surface area contributed by atoms with Gasteiger partial charge >= 0.3 is 5.97 Å². The van der Waals surface area contributed by atoms with Crippen molar-refractivity contribution in [3.63, 3.8) is 0 Å². The highest BCUT2D eigenvalue weighted by atomic mass is 79.9. The summed E-state index contributed by atoms with van der Waals surface area (Å²) in [6, 6.07) is 15.6. The third-order valence-corrected chi connectivity index (χ3v) is 8.25. The molecule has 1 N–H and O–H groups in total. The number of nitrogens with one attached hydrogen (secondary N) is 1. The van der Waals surface area contributed by atoms with Crippen molar-refractivity contribution >= 4 is 23.3 Å². The van der Waals surface area contributed by atoms with Crippen molar-refractivity contribution in [3.05, 3.63) is 65.2 Å². The first-order chi connectivity index (χ1) is 17.9. The molecule has 6 nitrogen and oxygen atoms in total. The van der Waals surface area contributed by atoms with E-state index in [1.54, 1.807) is 12.1 Å². The number of amides is 1. The largest absolute Gasteiger partial charge is 1.00 e. The molecule has 1 heterocycles. The van der Waals surface area contributed by atoms with Crippen LogP contribution in [0.3, 0.4) is 0 Å². The maximum Gasteiger partial charge on any atom is 0.339 e. The summed E-state index contributed by atoms with van der Waals surface area (Å²) in [6.45, 7) is 4.38. The summed E-state index contributed by atoms with van der Waals surface area (Å²) in [5.74, 6) is 0.292. The quantitative estimate of drug-likeness (QED) is 0.363. The number of anilines is 1. The number of ether oxygens (including phenoxy) is 1. The Hall–Kier alpha value is -2.51. The number of nitrogens with zero attached hydrogens (tertiary/aromatic N) is 1. The highest BCUT2D eigenvalue weighted by Crippen LogP contribution is 2.32. The van der Waals surface area contributed by atoms with E-state index in [0.29, 0.717) is 46.9 Å². The van der Waals surface area contributed by atoms with Crippen LogP contribution in [0.1, 0.15) is 72.9 Å². The van der Waals surface area contributed by atoms with Gasteiger partial charge in [0.25, 0.3) is 5.91 Å². The summed E-state index contributed by atoms with van der Waals surface area (Å²) in [4.78, 5) is 39.3. The molecule has 2 aromatic carbocycles. The van der Waals surface area contributed by atoms with Crippen molar-refractivity contribution in [2.45, 2.75) is 64.8 Å². The Morgan fingerprint density at radius 1 is 0.947 bits per heavy atom. The number of carbonyl (C=O) groups excluding carboxylic acids is 3. The SMILES string of the molecule is COC(=O)c1cccc(C)c1NC(=O)C[N+]1(Cc2ccccc2)CCCC(C(=O)CC2CCCCC2)C1.[Br-]. The zero-order chi connectivity index (χ0) is 26.3. The first-order valence-corrected chi connectivity index (χ1v) is 13.8. The van der Waals surface area contributed by atoms with Crippen molar-refractivity contribution in [1.29, 1.82) is 0 Å². The molecule has 0 radical (unpaired) electrons. The number of quaternary nitrogens is 1. The van der Waals surface area contributed by atoms with Crippen LogP contribution in [0.4, 0.5) is 5.69 Å². The van der Waals surface area contributed by atoms with E-state index in [9.17, 15) is 14.4 Å². The van der Waals surface area contributed by atoms with E-state index in [1.165, 1.54) is 44.8 Å². The molecule has 1 saturated carbocycles. The molecular weight excluding hydrogens is 544 g/mol. The van der Waals surface area contributed by atoms with Gasteiger partial charge in [-0.3, -0.25) is 9.59 Å². The van der Waals surface area contributed by atoms with E-state index < -0.39 is 5.97 Å². The van der Waals surface area contributed by atoms with Crippen molar-refractivity contribution in [2.75, 3.05) is 32.1 Å². The number of hydrogen-bond acceptors (Lipinski definition) is 4. The molecule has 0 bridgehead atoms. The molecule has 7 heteroatoms. The number of benzene rings is 2. The molecule has 1 amide bonds. The van der Waals surface area contributed by atoms with Gasteiger partial charge in [-0.15, -0.1) is 0 Å². The summed E-state index contributed by atoms with van der Waals surface area (Å²) >= 11 is 0. The lowest BCUT2D eigenvalue weighted by molar-refractivity contribution is -0.940. The van der Waals surface area contributed by atoms with Gasteiger partial charge in [0.2, 0.25) is 0 Å². The van der Waals surface area contributed by atoms with Crippen LogP contribution >= 0.6 is 0 Å². The molecule has 2 unspecified atom stereocenters. The lowest BCUT2D eigenvalue weighted by atomic mass is 9.81. The zero-order valence-electron chi connectivity index (χ0n) is 22.7. The molecule has 1 aliphatic heterocycles. The molecule has 206 valence electrons. The Kier molecular flexibility index (Phi) is 11.1. The fourth-order valence-electron chi connectivity index (χ4n) is 6.34. The van der Waals surface area contributed by atoms with E-state index in [0.717, 1.165) is 24.9 Å². The Morgan fingerprint density at radius 3 is 2.39 bits per heavy atom. The molecule has 38 heavy (non-hydrogen) atoms. The summed E-state index contributed by atoms with van der Waals surface area (Å²) in [6.07, 6.45) is 8.64. The Labute approximate surface area is 237 Å². The summed E-state index contributed by atoms with van der Waals surface area (Å²) in [5.41, 5.74) is 2.83. The van der Waals surface area contributed by atoms with Crippen LogP contribution in [-0.2, 0) is 20.9 Å². The summed E-state index contributed by atoms with van der Waals surface area (Å²) in [7, 11) is 1.34. The van der Waals surface area contributed by atoms with Crippen molar-refractivity contribution in [2.24, 2.45) is 11.8 Å². The Bertz CT molecular complexity index is 1100. The lowest BCUT2D eigenvalue weighted by Crippen LogP contribution is -3.00. The smallest absolute Gasteiger partial charge is 0.339 e. The van der Waals surface area contributed by atoms with Crippen molar-refractivity contribution in [1.82, 2.24) is 0 Å². The van der Waals surface area contributed by atoms with Crippen LogP contribution < -0.4 is 22.3 Å². The van der Waals surface area contributed by atoms with Gasteiger partial charge in [-0.05, 0) is 37.3 Å². The second kappa shape index (κ2) is 14.0. The predicted octanol–water partition coefficient (Wildman–Crippen LogP) is 2.69. The highest BCUT2D eigenvalue weighted by molar-refractivity contribution is 6.02. The van der Waals surface area contributed by atoms with Crippen molar-refractivity contribution in [3.8, 4) is 0 Å². The monoisotopic (exact) mass is 584 g/mol. The fourth-order valence-corrected chi connectivity index (χ4v) is 6.34. The normalized spacial score (nSPS) is 21.7. The molecule has 2 aromatic rings. The summed E-state index contributed by atoms with van der Waals surface area (Å²) < 4.78 is 5.49. The lowest BCUT2D eigenvalue weighted by Gasteiger charge is -2.44. The Balaban J connectivity index is 0.00000400. The number of piperidine rings is 1. The molecule has 2 aliphatic rings. The Morgan fingerprint density at radius 2 is 1.68 bits per heavy atom. The molecule has 4 rings (SSSR count). The van der Waals surface area contributed by atoms with Gasteiger partial charge in [0.1, 0.15) is 12.3 Å². The molecular formula is C31H41BrN2O4. The third kappa shape index (κ3) is 7.76. The first-order valence-electron chi connectivity index (χ1n) is 13.8. The standard InChI is InChI=1S/C31H40N2O4.BrH/c1-23-11-9-17-27(31(36)37-2)30(23)32-29(35)22-33(20-25-14-7-4-8-15-25)18-10-16-26(21-33)28(34)19-24-12-5-3-6-13-24;/h4,7-9,11,14-15,17,24,26H,3,5-6,10,12-13,16,18-22H2,1-2H3;1H. The van der Waals surface area contributed by atoms with Crippen LogP contribution in [0, 0.1) is 18.8 Å². The van der Waals surface area contributed by atoms with E-state index >= 15 is 0 Å². The number of Topliss-reactive ketones (excluding diaryl/α,β-unsaturated/α-hetero) is 1. The number of esters is 1. The zero-order valence-corrected chi connectivity index (χ0v) is 24.3. The topological polar surface area (TPSA) is 72.5 Å². The average Bonchev–Trinajstić information content (AvgIpc) is 2.90. The number of likely N-dealkylation sites (tertiary alicyclic amines) is 1. The highest BCUT2D eigenvalue weighted by Gasteiger charge is 2.40. The van der Waals surface area contributed by atoms with Crippen LogP contribution in [0.2, 0.25) is 0 Å². The van der Waals surface area contributed by atoms with Gasteiger partial charge < -0.3 is 31.5 Å². The number of aryl methyl sites for hydroxylation is 1. The number of halogens is 1. The number of carbonyl (C=O) groups is 3. The number of para-hydroxylation sites is 1. The summed E-state index contributed by atoms with van der Waals surface area (Å²) in [5, 5.41) is 3.02. The minimum absolute atomic E-state index is 0. The number of methoxy groups -OCH3 is 1. The van der Waals surface area contributed by atoms with Gasteiger partial charge in [-0.1, -0.05) is 74.6 Å². The molecule has 2 fully saturated rings. The molecule has 0 aromatic heterocycles. The van der Waals surface area contributed by atoms with Gasteiger partial charge in [0, 0.05) is 12.0 Å². The molecule has 1 aliphatic carbocycles. The van der Waals surface area contributed by atoms with Crippen LogP contribution in [0.25, 0.3) is 0 Å². The second-order valence-electron chi connectivity index (χ2n) is 11.1. The maximum absolute atomic E-state index is 13.5. The minimum atomic E-state index is -0.474. The van der Waals surface area contributed by atoms with E-state index in [-0.39, 0.29) is 35.4 Å². The van der Waals surface area contributed by atoms with Crippen LogP contribution in [-0.4, -0.2) is 48.9 Å². The molecule has 1 saturated heterocycles. The van der Waals surface area contributed by atoms with Gasteiger partial charge in [0.05, 0.1) is 37.4 Å².